The molecule has 0 spiro atoms. The fourth-order valence-electron chi connectivity index (χ4n) is 1.23. The highest BCUT2D eigenvalue weighted by atomic mass is 32.1. The third-order valence-corrected chi connectivity index (χ3v) is 3.58. The summed E-state index contributed by atoms with van der Waals surface area (Å²) in [6, 6.07) is 0. The molecule has 2 amide bonds. The standard InChI is InChI=1S/C12H19N3O2S/c1-8(16)13-5-6-14-10(17)9-7-15-11(18-9)12(2,3)4/h7H,5-6H2,1-4H3,(H,13,16)(H,14,17). The Kier molecular flexibility index (Phi) is 4.84. The number of hydrogen-bond donors (Lipinski definition) is 2. The molecule has 0 aliphatic carbocycles. The number of carbonyl (C=O) groups is 2. The van der Waals surface area contributed by atoms with Crippen molar-refractivity contribution in [3.63, 3.8) is 0 Å². The summed E-state index contributed by atoms with van der Waals surface area (Å²) in [6.07, 6.45) is 1.60. The number of aromatic nitrogens is 1. The summed E-state index contributed by atoms with van der Waals surface area (Å²) in [5, 5.41) is 6.29. The molecular weight excluding hydrogens is 250 g/mol. The Hall–Kier alpha value is -1.43. The maximum absolute atomic E-state index is 11.8. The Balaban J connectivity index is 2.47. The number of rotatable bonds is 4. The van der Waals surface area contributed by atoms with Crippen LogP contribution in [0.5, 0.6) is 0 Å². The summed E-state index contributed by atoms with van der Waals surface area (Å²) in [5.41, 5.74) is -0.0423. The fraction of sp³-hybridized carbons (Fsp3) is 0.583. The van der Waals surface area contributed by atoms with E-state index in [0.717, 1.165) is 5.01 Å². The van der Waals surface area contributed by atoms with E-state index in [9.17, 15) is 9.59 Å². The summed E-state index contributed by atoms with van der Waals surface area (Å²) in [5.74, 6) is -0.245. The van der Waals surface area contributed by atoms with Gasteiger partial charge in [0.15, 0.2) is 0 Å². The SMILES string of the molecule is CC(=O)NCCNC(=O)c1cnc(C(C)(C)C)s1. The van der Waals surface area contributed by atoms with Gasteiger partial charge >= 0.3 is 0 Å². The van der Waals surface area contributed by atoms with E-state index >= 15 is 0 Å². The van der Waals surface area contributed by atoms with Crippen molar-refractivity contribution < 1.29 is 9.59 Å². The third kappa shape index (κ3) is 4.44. The molecule has 0 saturated heterocycles. The second-order valence-corrected chi connectivity index (χ2v) is 6.05. The highest BCUT2D eigenvalue weighted by Crippen LogP contribution is 2.26. The van der Waals surface area contributed by atoms with E-state index in [-0.39, 0.29) is 17.2 Å². The van der Waals surface area contributed by atoms with Crippen molar-refractivity contribution >= 4 is 23.2 Å². The molecule has 1 aromatic heterocycles. The molecule has 2 N–H and O–H groups in total. The van der Waals surface area contributed by atoms with Gasteiger partial charge in [-0.15, -0.1) is 11.3 Å². The van der Waals surface area contributed by atoms with E-state index in [0.29, 0.717) is 18.0 Å². The molecule has 1 rings (SSSR count). The first kappa shape index (κ1) is 14.6. The molecule has 0 atom stereocenters. The molecule has 0 aliphatic rings. The van der Waals surface area contributed by atoms with Crippen LogP contribution in [-0.4, -0.2) is 29.9 Å². The van der Waals surface area contributed by atoms with Gasteiger partial charge in [-0.2, -0.15) is 0 Å². The number of nitrogens with one attached hydrogen (secondary N) is 2. The molecule has 5 nitrogen and oxygen atoms in total. The number of thiazole rings is 1. The predicted octanol–water partition coefficient (Wildman–Crippen LogP) is 1.31. The lowest BCUT2D eigenvalue weighted by molar-refractivity contribution is -0.118. The first-order valence-corrected chi connectivity index (χ1v) is 6.61. The van der Waals surface area contributed by atoms with Crippen LogP contribution in [-0.2, 0) is 10.2 Å². The Bertz CT molecular complexity index is 435. The van der Waals surface area contributed by atoms with Gasteiger partial charge < -0.3 is 10.6 Å². The smallest absolute Gasteiger partial charge is 0.263 e. The van der Waals surface area contributed by atoms with Crippen LogP contribution in [0, 0.1) is 0 Å². The first-order valence-electron chi connectivity index (χ1n) is 5.79. The van der Waals surface area contributed by atoms with E-state index in [1.165, 1.54) is 18.3 Å². The van der Waals surface area contributed by atoms with Crippen LogP contribution in [0.15, 0.2) is 6.20 Å². The van der Waals surface area contributed by atoms with Crippen molar-refractivity contribution in [2.24, 2.45) is 0 Å². The molecule has 18 heavy (non-hydrogen) atoms. The van der Waals surface area contributed by atoms with Gasteiger partial charge in [-0.05, 0) is 0 Å². The van der Waals surface area contributed by atoms with E-state index < -0.39 is 0 Å². The maximum atomic E-state index is 11.8. The summed E-state index contributed by atoms with van der Waals surface area (Å²) in [7, 11) is 0. The second kappa shape index (κ2) is 5.95. The molecule has 100 valence electrons. The van der Waals surface area contributed by atoms with Crippen LogP contribution in [0.2, 0.25) is 0 Å². The topological polar surface area (TPSA) is 71.1 Å². The quantitative estimate of drug-likeness (QED) is 0.810. The highest BCUT2D eigenvalue weighted by Gasteiger charge is 2.20. The normalized spacial score (nSPS) is 11.1. The summed E-state index contributed by atoms with van der Waals surface area (Å²) < 4.78 is 0. The zero-order valence-corrected chi connectivity index (χ0v) is 12.0. The highest BCUT2D eigenvalue weighted by molar-refractivity contribution is 7.13. The van der Waals surface area contributed by atoms with E-state index in [2.05, 4.69) is 36.4 Å². The fourth-order valence-corrected chi connectivity index (χ4v) is 2.12. The van der Waals surface area contributed by atoms with Crippen LogP contribution >= 0.6 is 11.3 Å². The number of amides is 2. The molecule has 0 aromatic carbocycles. The molecule has 1 heterocycles. The molecule has 0 saturated carbocycles. The van der Waals surface area contributed by atoms with Gasteiger partial charge in [0, 0.05) is 25.4 Å². The first-order chi connectivity index (χ1) is 8.30. The van der Waals surface area contributed by atoms with Gasteiger partial charge in [-0.1, -0.05) is 20.8 Å². The second-order valence-electron chi connectivity index (χ2n) is 5.02. The van der Waals surface area contributed by atoms with Crippen LogP contribution in [0.25, 0.3) is 0 Å². The Morgan fingerprint density at radius 1 is 1.28 bits per heavy atom. The lowest BCUT2D eigenvalue weighted by Gasteiger charge is -2.13. The molecule has 0 bridgehead atoms. The van der Waals surface area contributed by atoms with Crippen LogP contribution in [0.4, 0.5) is 0 Å². The van der Waals surface area contributed by atoms with Crippen LogP contribution in [0.3, 0.4) is 0 Å². The van der Waals surface area contributed by atoms with Crippen molar-refractivity contribution in [2.45, 2.75) is 33.1 Å². The summed E-state index contributed by atoms with van der Waals surface area (Å²) in [4.78, 5) is 27.3. The van der Waals surface area contributed by atoms with Crippen molar-refractivity contribution in [2.75, 3.05) is 13.1 Å². The summed E-state index contributed by atoms with van der Waals surface area (Å²) >= 11 is 1.40. The van der Waals surface area contributed by atoms with Crippen molar-refractivity contribution in [1.82, 2.24) is 15.6 Å². The molecule has 0 unspecified atom stereocenters. The molecule has 0 fully saturated rings. The van der Waals surface area contributed by atoms with Gasteiger partial charge in [-0.25, -0.2) is 4.98 Å². The maximum Gasteiger partial charge on any atom is 0.263 e. The zero-order valence-electron chi connectivity index (χ0n) is 11.2. The minimum atomic E-state index is -0.145. The number of carbonyl (C=O) groups excluding carboxylic acids is 2. The molecule has 0 radical (unpaired) electrons. The van der Waals surface area contributed by atoms with Crippen molar-refractivity contribution in [1.29, 1.82) is 0 Å². The molecular formula is C12H19N3O2S. The Morgan fingerprint density at radius 2 is 1.89 bits per heavy atom. The van der Waals surface area contributed by atoms with Crippen LogP contribution < -0.4 is 10.6 Å². The Labute approximate surface area is 111 Å². The number of hydrogen-bond acceptors (Lipinski definition) is 4. The lowest BCUT2D eigenvalue weighted by atomic mass is 9.98. The minimum Gasteiger partial charge on any atom is -0.355 e. The molecule has 6 heteroatoms. The zero-order chi connectivity index (χ0) is 13.8. The van der Waals surface area contributed by atoms with Gasteiger partial charge in [-0.3, -0.25) is 9.59 Å². The number of nitrogens with zero attached hydrogens (tertiary/aromatic N) is 1. The minimum absolute atomic E-state index is 0.0423. The summed E-state index contributed by atoms with van der Waals surface area (Å²) in [6.45, 7) is 8.48. The van der Waals surface area contributed by atoms with E-state index in [1.807, 2.05) is 0 Å². The van der Waals surface area contributed by atoms with Crippen molar-refractivity contribution in [3.05, 3.63) is 16.1 Å². The monoisotopic (exact) mass is 269 g/mol. The molecule has 0 aliphatic heterocycles. The largest absolute Gasteiger partial charge is 0.355 e. The average Bonchev–Trinajstić information content (AvgIpc) is 2.72. The third-order valence-electron chi connectivity index (χ3n) is 2.16. The lowest BCUT2D eigenvalue weighted by Crippen LogP contribution is -2.33. The Morgan fingerprint density at radius 3 is 2.39 bits per heavy atom. The van der Waals surface area contributed by atoms with Gasteiger partial charge in [0.05, 0.1) is 11.2 Å². The van der Waals surface area contributed by atoms with Gasteiger partial charge in [0.25, 0.3) is 5.91 Å². The van der Waals surface area contributed by atoms with Crippen LogP contribution in [0.1, 0.15) is 42.4 Å². The van der Waals surface area contributed by atoms with Gasteiger partial charge in [0.1, 0.15) is 4.88 Å². The average molecular weight is 269 g/mol. The molecule has 1 aromatic rings. The van der Waals surface area contributed by atoms with E-state index in [4.69, 9.17) is 0 Å². The van der Waals surface area contributed by atoms with E-state index in [1.54, 1.807) is 6.20 Å². The predicted molar refractivity (Wildman–Crippen MR) is 71.8 cm³/mol. The van der Waals surface area contributed by atoms with Crippen molar-refractivity contribution in [3.8, 4) is 0 Å². The van der Waals surface area contributed by atoms with Gasteiger partial charge in [0.2, 0.25) is 5.91 Å².